The Hall–Kier alpha value is -0.740. The third kappa shape index (κ3) is 2.56. The van der Waals surface area contributed by atoms with E-state index in [9.17, 15) is 0 Å². The zero-order chi connectivity index (χ0) is 14.2. The molecule has 1 aromatic rings. The molecule has 0 aromatic heterocycles. The van der Waals surface area contributed by atoms with E-state index in [1.54, 1.807) is 7.11 Å². The van der Waals surface area contributed by atoms with Crippen molar-refractivity contribution in [3.05, 3.63) is 22.2 Å². The van der Waals surface area contributed by atoms with Crippen molar-refractivity contribution < 1.29 is 9.47 Å². The van der Waals surface area contributed by atoms with Crippen LogP contribution in [0.25, 0.3) is 0 Å². The van der Waals surface area contributed by atoms with E-state index in [0.29, 0.717) is 12.6 Å². The van der Waals surface area contributed by atoms with Crippen LogP contribution in [0.2, 0.25) is 0 Å². The maximum Gasteiger partial charge on any atom is 0.165 e. The highest BCUT2D eigenvalue weighted by atomic mass is 79.9. The van der Waals surface area contributed by atoms with Gasteiger partial charge in [-0.25, -0.2) is 0 Å². The molecular formula is C16H22BrNO2. The molecule has 0 saturated heterocycles. The van der Waals surface area contributed by atoms with E-state index in [2.05, 4.69) is 22.0 Å². The van der Waals surface area contributed by atoms with Crippen molar-refractivity contribution in [3.63, 3.8) is 0 Å². The first-order chi connectivity index (χ1) is 9.68. The fraction of sp³-hybridized carbons (Fsp3) is 0.625. The van der Waals surface area contributed by atoms with Crippen LogP contribution in [0.15, 0.2) is 16.6 Å². The molecule has 3 nitrogen and oxygen atoms in total. The Morgan fingerprint density at radius 1 is 1.30 bits per heavy atom. The number of halogens is 1. The van der Waals surface area contributed by atoms with Gasteiger partial charge in [-0.2, -0.15) is 0 Å². The maximum atomic E-state index is 6.17. The van der Waals surface area contributed by atoms with Gasteiger partial charge in [-0.1, -0.05) is 28.8 Å². The van der Waals surface area contributed by atoms with Crippen LogP contribution in [0, 0.1) is 0 Å². The molecule has 2 aliphatic rings. The van der Waals surface area contributed by atoms with Crippen molar-refractivity contribution in [3.8, 4) is 11.5 Å². The minimum Gasteiger partial charge on any atom is -0.493 e. The lowest BCUT2D eigenvalue weighted by Gasteiger charge is -2.31. The number of benzene rings is 1. The SMILES string of the molecule is COc1cc(Br)cc(C2(CN)CCCC2)c1OC1CC1. The van der Waals surface area contributed by atoms with Crippen LogP contribution in [0.1, 0.15) is 44.1 Å². The van der Waals surface area contributed by atoms with Gasteiger partial charge in [0.2, 0.25) is 0 Å². The van der Waals surface area contributed by atoms with Gasteiger partial charge in [0, 0.05) is 22.0 Å². The number of hydrogen-bond acceptors (Lipinski definition) is 3. The number of ether oxygens (including phenoxy) is 2. The fourth-order valence-corrected chi connectivity index (χ4v) is 3.66. The quantitative estimate of drug-likeness (QED) is 0.887. The Morgan fingerprint density at radius 3 is 2.55 bits per heavy atom. The van der Waals surface area contributed by atoms with Crippen LogP contribution in [-0.2, 0) is 5.41 Å². The second kappa shape index (κ2) is 5.57. The number of rotatable bonds is 5. The number of methoxy groups -OCH3 is 1. The molecule has 0 bridgehead atoms. The van der Waals surface area contributed by atoms with Crippen molar-refractivity contribution in [2.45, 2.75) is 50.0 Å². The summed E-state index contributed by atoms with van der Waals surface area (Å²) < 4.78 is 12.8. The Labute approximate surface area is 129 Å². The molecule has 1 aromatic carbocycles. The van der Waals surface area contributed by atoms with Crippen molar-refractivity contribution in [2.75, 3.05) is 13.7 Å². The standard InChI is InChI=1S/C16H22BrNO2/c1-19-14-9-11(17)8-13(15(14)20-12-4-5-12)16(10-18)6-2-3-7-16/h8-9,12H,2-7,10,18H2,1H3. The molecule has 0 unspecified atom stereocenters. The summed E-state index contributed by atoms with van der Waals surface area (Å²) in [5, 5.41) is 0. The number of nitrogens with two attached hydrogens (primary N) is 1. The van der Waals surface area contributed by atoms with E-state index < -0.39 is 0 Å². The van der Waals surface area contributed by atoms with Crippen LogP contribution in [-0.4, -0.2) is 19.8 Å². The Morgan fingerprint density at radius 2 is 2.00 bits per heavy atom. The second-order valence-corrected chi connectivity index (χ2v) is 6.91. The highest BCUT2D eigenvalue weighted by Crippen LogP contribution is 2.49. The molecule has 3 rings (SSSR count). The van der Waals surface area contributed by atoms with Crippen LogP contribution in [0.3, 0.4) is 0 Å². The molecule has 4 heteroatoms. The van der Waals surface area contributed by atoms with E-state index in [4.69, 9.17) is 15.2 Å². The molecular weight excluding hydrogens is 318 g/mol. The molecule has 2 fully saturated rings. The summed E-state index contributed by atoms with van der Waals surface area (Å²) in [5.74, 6) is 1.74. The molecule has 110 valence electrons. The first-order valence-corrected chi connectivity index (χ1v) is 8.22. The van der Waals surface area contributed by atoms with Crippen LogP contribution in [0.5, 0.6) is 11.5 Å². The summed E-state index contributed by atoms with van der Waals surface area (Å²) in [6, 6.07) is 4.17. The zero-order valence-electron chi connectivity index (χ0n) is 12.0. The molecule has 0 aliphatic heterocycles. The van der Waals surface area contributed by atoms with E-state index in [1.807, 2.05) is 6.07 Å². The molecule has 2 N–H and O–H groups in total. The monoisotopic (exact) mass is 339 g/mol. The first-order valence-electron chi connectivity index (χ1n) is 7.43. The Balaban J connectivity index is 2.08. The summed E-state index contributed by atoms with van der Waals surface area (Å²) in [5.41, 5.74) is 7.43. The van der Waals surface area contributed by atoms with E-state index in [-0.39, 0.29) is 5.41 Å². The smallest absolute Gasteiger partial charge is 0.165 e. The lowest BCUT2D eigenvalue weighted by molar-refractivity contribution is 0.270. The van der Waals surface area contributed by atoms with Gasteiger partial charge < -0.3 is 15.2 Å². The molecule has 2 saturated carbocycles. The lowest BCUT2D eigenvalue weighted by Crippen LogP contribution is -2.32. The third-order valence-electron chi connectivity index (χ3n) is 4.57. The predicted molar refractivity (Wildman–Crippen MR) is 83.5 cm³/mol. The van der Waals surface area contributed by atoms with Crippen LogP contribution < -0.4 is 15.2 Å². The van der Waals surface area contributed by atoms with Crippen molar-refractivity contribution in [1.29, 1.82) is 0 Å². The van der Waals surface area contributed by atoms with Gasteiger partial charge in [0.25, 0.3) is 0 Å². The predicted octanol–water partition coefficient (Wildman–Crippen LogP) is 3.77. The summed E-state index contributed by atoms with van der Waals surface area (Å²) in [6.45, 7) is 0.674. The van der Waals surface area contributed by atoms with Gasteiger partial charge in [-0.05, 0) is 37.8 Å². The fourth-order valence-electron chi connectivity index (χ4n) is 3.22. The summed E-state index contributed by atoms with van der Waals surface area (Å²) in [4.78, 5) is 0. The highest BCUT2D eigenvalue weighted by molar-refractivity contribution is 9.10. The molecule has 0 radical (unpaired) electrons. The lowest BCUT2D eigenvalue weighted by atomic mass is 9.78. The molecule has 0 heterocycles. The molecule has 0 spiro atoms. The Bertz CT molecular complexity index is 493. The first kappa shape index (κ1) is 14.2. The second-order valence-electron chi connectivity index (χ2n) is 5.99. The van der Waals surface area contributed by atoms with Crippen molar-refractivity contribution >= 4 is 15.9 Å². The average Bonchev–Trinajstić information content (AvgIpc) is 3.14. The topological polar surface area (TPSA) is 44.5 Å². The minimum absolute atomic E-state index is 0.0568. The van der Waals surface area contributed by atoms with Gasteiger partial charge in [0.15, 0.2) is 11.5 Å². The normalized spacial score (nSPS) is 20.9. The van der Waals surface area contributed by atoms with E-state index in [1.165, 1.54) is 18.4 Å². The molecule has 0 amide bonds. The number of hydrogen-bond donors (Lipinski definition) is 1. The Kier molecular flexibility index (Phi) is 3.95. The largest absolute Gasteiger partial charge is 0.493 e. The van der Waals surface area contributed by atoms with Crippen LogP contribution >= 0.6 is 15.9 Å². The zero-order valence-corrected chi connectivity index (χ0v) is 13.5. The van der Waals surface area contributed by atoms with Gasteiger partial charge in [-0.3, -0.25) is 0 Å². The minimum atomic E-state index is 0.0568. The van der Waals surface area contributed by atoms with Gasteiger partial charge >= 0.3 is 0 Å². The third-order valence-corrected chi connectivity index (χ3v) is 5.03. The summed E-state index contributed by atoms with van der Waals surface area (Å²) >= 11 is 3.59. The van der Waals surface area contributed by atoms with Crippen LogP contribution in [0.4, 0.5) is 0 Å². The van der Waals surface area contributed by atoms with Gasteiger partial charge in [0.05, 0.1) is 13.2 Å². The average molecular weight is 340 g/mol. The highest BCUT2D eigenvalue weighted by Gasteiger charge is 2.39. The molecule has 2 aliphatic carbocycles. The molecule has 20 heavy (non-hydrogen) atoms. The van der Waals surface area contributed by atoms with Crippen molar-refractivity contribution in [2.24, 2.45) is 5.73 Å². The van der Waals surface area contributed by atoms with E-state index in [0.717, 1.165) is 41.7 Å². The summed E-state index contributed by atoms with van der Waals surface area (Å²) in [6.07, 6.45) is 7.43. The van der Waals surface area contributed by atoms with Gasteiger partial charge in [-0.15, -0.1) is 0 Å². The summed E-state index contributed by atoms with van der Waals surface area (Å²) in [7, 11) is 1.70. The van der Waals surface area contributed by atoms with Gasteiger partial charge in [0.1, 0.15) is 0 Å². The van der Waals surface area contributed by atoms with E-state index >= 15 is 0 Å². The van der Waals surface area contributed by atoms with Crippen molar-refractivity contribution in [1.82, 2.24) is 0 Å². The molecule has 0 atom stereocenters. The maximum absolute atomic E-state index is 6.17.